The Kier molecular flexibility index (Phi) is 5.34. The first-order valence-corrected chi connectivity index (χ1v) is 9.79. The lowest BCUT2D eigenvalue weighted by Crippen LogP contribution is -2.43. The van der Waals surface area contributed by atoms with Crippen LogP contribution in [0, 0.1) is 0 Å². The van der Waals surface area contributed by atoms with Gasteiger partial charge in [-0.2, -0.15) is 0 Å². The van der Waals surface area contributed by atoms with Crippen LogP contribution in [0.4, 0.5) is 0 Å². The molecule has 5 nitrogen and oxygen atoms in total. The number of guanidine groups is 1. The van der Waals surface area contributed by atoms with E-state index in [-0.39, 0.29) is 23.0 Å². The lowest BCUT2D eigenvalue weighted by Gasteiger charge is -2.19. The highest BCUT2D eigenvalue weighted by Gasteiger charge is 2.28. The molecule has 1 aromatic rings. The van der Waals surface area contributed by atoms with Crippen LogP contribution in [0.1, 0.15) is 38.3 Å². The Balaban J connectivity index is 1.89. The van der Waals surface area contributed by atoms with Crippen molar-refractivity contribution in [1.29, 1.82) is 0 Å². The quantitative estimate of drug-likeness (QED) is 0.652. The van der Waals surface area contributed by atoms with Gasteiger partial charge in [0.1, 0.15) is 0 Å². The fourth-order valence-electron chi connectivity index (χ4n) is 2.61. The zero-order valence-corrected chi connectivity index (χ0v) is 15.2. The SMILES string of the molecule is CN=C(NCc1ccc(C(C)(C)C)cc1)NC1CCS(=O)(=O)C1. The van der Waals surface area contributed by atoms with Gasteiger partial charge in [0.05, 0.1) is 11.5 Å². The second-order valence-corrected chi connectivity index (χ2v) is 9.35. The first-order chi connectivity index (χ1) is 10.7. The van der Waals surface area contributed by atoms with Gasteiger partial charge in [0.15, 0.2) is 15.8 Å². The van der Waals surface area contributed by atoms with Crippen molar-refractivity contribution < 1.29 is 8.42 Å². The fourth-order valence-corrected chi connectivity index (χ4v) is 4.28. The summed E-state index contributed by atoms with van der Waals surface area (Å²) in [7, 11) is -1.18. The zero-order valence-electron chi connectivity index (χ0n) is 14.4. The van der Waals surface area contributed by atoms with Gasteiger partial charge >= 0.3 is 0 Å². The predicted molar refractivity (Wildman–Crippen MR) is 95.5 cm³/mol. The molecular formula is C17H27N3O2S. The van der Waals surface area contributed by atoms with Crippen LogP contribution in [0.25, 0.3) is 0 Å². The van der Waals surface area contributed by atoms with Crippen LogP contribution in [0.15, 0.2) is 29.3 Å². The van der Waals surface area contributed by atoms with Crippen LogP contribution in [0.5, 0.6) is 0 Å². The Morgan fingerprint density at radius 2 is 1.91 bits per heavy atom. The number of hydrogen-bond acceptors (Lipinski definition) is 3. The molecule has 1 atom stereocenters. The van der Waals surface area contributed by atoms with Crippen LogP contribution < -0.4 is 10.6 Å². The summed E-state index contributed by atoms with van der Waals surface area (Å²) < 4.78 is 23.0. The average molecular weight is 337 g/mol. The van der Waals surface area contributed by atoms with Gasteiger partial charge < -0.3 is 10.6 Å². The van der Waals surface area contributed by atoms with Gasteiger partial charge in [0.2, 0.25) is 0 Å². The van der Waals surface area contributed by atoms with Crippen LogP contribution in [0.3, 0.4) is 0 Å². The third-order valence-electron chi connectivity index (χ3n) is 4.08. The van der Waals surface area contributed by atoms with E-state index < -0.39 is 9.84 Å². The zero-order chi connectivity index (χ0) is 17.1. The third kappa shape index (κ3) is 5.23. The number of sulfone groups is 1. The van der Waals surface area contributed by atoms with Crippen molar-refractivity contribution in [1.82, 2.24) is 10.6 Å². The summed E-state index contributed by atoms with van der Waals surface area (Å²) >= 11 is 0. The third-order valence-corrected chi connectivity index (χ3v) is 5.84. The number of rotatable bonds is 3. The van der Waals surface area contributed by atoms with Gasteiger partial charge in [0.25, 0.3) is 0 Å². The molecule has 2 N–H and O–H groups in total. The number of nitrogens with one attached hydrogen (secondary N) is 2. The van der Waals surface area contributed by atoms with Crippen molar-refractivity contribution in [2.24, 2.45) is 4.99 Å². The maximum Gasteiger partial charge on any atom is 0.191 e. The molecule has 1 saturated heterocycles. The molecule has 23 heavy (non-hydrogen) atoms. The van der Waals surface area contributed by atoms with Crippen molar-refractivity contribution in [3.05, 3.63) is 35.4 Å². The van der Waals surface area contributed by atoms with Gasteiger partial charge in [-0.05, 0) is 23.0 Å². The second kappa shape index (κ2) is 6.91. The largest absolute Gasteiger partial charge is 0.353 e. The monoisotopic (exact) mass is 337 g/mol. The maximum absolute atomic E-state index is 11.5. The first kappa shape index (κ1) is 17.8. The molecule has 0 saturated carbocycles. The van der Waals surface area contributed by atoms with Crippen LogP contribution >= 0.6 is 0 Å². The highest BCUT2D eigenvalue weighted by molar-refractivity contribution is 7.91. The topological polar surface area (TPSA) is 70.6 Å². The molecule has 1 heterocycles. The van der Waals surface area contributed by atoms with E-state index in [0.29, 0.717) is 18.9 Å². The highest BCUT2D eigenvalue weighted by Crippen LogP contribution is 2.22. The predicted octanol–water partition coefficient (Wildman–Crippen LogP) is 1.84. The fraction of sp³-hybridized carbons (Fsp3) is 0.588. The summed E-state index contributed by atoms with van der Waals surface area (Å²) in [6.45, 7) is 7.24. The number of nitrogens with zero attached hydrogens (tertiary/aromatic N) is 1. The molecular weight excluding hydrogens is 310 g/mol. The maximum atomic E-state index is 11.5. The smallest absolute Gasteiger partial charge is 0.191 e. The summed E-state index contributed by atoms with van der Waals surface area (Å²) in [5.74, 6) is 1.09. The summed E-state index contributed by atoms with van der Waals surface area (Å²) in [6, 6.07) is 8.48. The van der Waals surface area contributed by atoms with Gasteiger partial charge in [-0.15, -0.1) is 0 Å². The van der Waals surface area contributed by atoms with E-state index in [1.807, 2.05) is 0 Å². The Morgan fingerprint density at radius 3 is 2.39 bits per heavy atom. The Bertz CT molecular complexity index is 658. The normalized spacial score (nSPS) is 21.2. The highest BCUT2D eigenvalue weighted by atomic mass is 32.2. The van der Waals surface area contributed by atoms with Gasteiger partial charge in [-0.25, -0.2) is 8.42 Å². The van der Waals surface area contributed by atoms with E-state index in [0.717, 1.165) is 0 Å². The molecule has 128 valence electrons. The molecule has 0 aromatic heterocycles. The number of benzene rings is 1. The lowest BCUT2D eigenvalue weighted by atomic mass is 9.87. The molecule has 6 heteroatoms. The van der Waals surface area contributed by atoms with E-state index in [1.165, 1.54) is 11.1 Å². The van der Waals surface area contributed by atoms with E-state index in [2.05, 4.69) is 60.7 Å². The molecule has 1 aliphatic heterocycles. The minimum absolute atomic E-state index is 0.0468. The van der Waals surface area contributed by atoms with Gasteiger partial charge in [0, 0.05) is 19.6 Å². The first-order valence-electron chi connectivity index (χ1n) is 7.97. The van der Waals surface area contributed by atoms with Crippen molar-refractivity contribution >= 4 is 15.8 Å². The number of hydrogen-bond donors (Lipinski definition) is 2. The van der Waals surface area contributed by atoms with Crippen molar-refractivity contribution in [2.75, 3.05) is 18.6 Å². The number of aliphatic imine (C=N–C) groups is 1. The molecule has 0 amide bonds. The van der Waals surface area contributed by atoms with Gasteiger partial charge in [-0.1, -0.05) is 45.0 Å². The molecule has 0 radical (unpaired) electrons. The standard InChI is InChI=1S/C17H27N3O2S/c1-17(2,3)14-7-5-13(6-8-14)11-19-16(18-4)20-15-9-10-23(21,22)12-15/h5-8,15H,9-12H2,1-4H3,(H2,18,19,20). The summed E-state index contributed by atoms with van der Waals surface area (Å²) in [5.41, 5.74) is 2.62. The minimum atomic E-state index is -2.88. The average Bonchev–Trinajstić information content (AvgIpc) is 2.82. The molecule has 1 aliphatic rings. The van der Waals surface area contributed by atoms with Crippen LogP contribution in [0.2, 0.25) is 0 Å². The molecule has 0 bridgehead atoms. The molecule has 1 aromatic carbocycles. The van der Waals surface area contributed by atoms with E-state index >= 15 is 0 Å². The van der Waals surface area contributed by atoms with Crippen molar-refractivity contribution in [2.45, 2.75) is 45.2 Å². The van der Waals surface area contributed by atoms with Gasteiger partial charge in [-0.3, -0.25) is 4.99 Å². The van der Waals surface area contributed by atoms with Crippen LogP contribution in [-0.2, 0) is 21.8 Å². The summed E-state index contributed by atoms with van der Waals surface area (Å²) in [6.07, 6.45) is 0.642. The summed E-state index contributed by atoms with van der Waals surface area (Å²) in [4.78, 5) is 4.17. The molecule has 1 unspecified atom stereocenters. The van der Waals surface area contributed by atoms with Crippen LogP contribution in [-0.4, -0.2) is 39.0 Å². The molecule has 0 aliphatic carbocycles. The Hall–Kier alpha value is -1.56. The van der Waals surface area contributed by atoms with E-state index in [1.54, 1.807) is 7.05 Å². The molecule has 2 rings (SSSR count). The molecule has 0 spiro atoms. The van der Waals surface area contributed by atoms with Crippen molar-refractivity contribution in [3.8, 4) is 0 Å². The lowest BCUT2D eigenvalue weighted by molar-refractivity contribution is 0.589. The summed E-state index contributed by atoms with van der Waals surface area (Å²) in [5, 5.41) is 6.43. The minimum Gasteiger partial charge on any atom is -0.353 e. The Morgan fingerprint density at radius 1 is 1.26 bits per heavy atom. The Labute approximate surface area is 139 Å². The van der Waals surface area contributed by atoms with E-state index in [9.17, 15) is 8.42 Å². The van der Waals surface area contributed by atoms with E-state index in [4.69, 9.17) is 0 Å². The molecule has 1 fully saturated rings. The van der Waals surface area contributed by atoms with Crippen molar-refractivity contribution in [3.63, 3.8) is 0 Å². The second-order valence-electron chi connectivity index (χ2n) is 7.12.